The van der Waals surface area contributed by atoms with Crippen LogP contribution < -0.4 is 11.1 Å². The average Bonchev–Trinajstić information content (AvgIpc) is 2.88. The Hall–Kier alpha value is -1.40. The number of carboxylic acid groups (broad SMARTS) is 1. The van der Waals surface area contributed by atoms with E-state index in [2.05, 4.69) is 10.4 Å². The van der Waals surface area contributed by atoms with Gasteiger partial charge >= 0.3 is 5.97 Å². The molecule has 4 N–H and O–H groups in total. The molecule has 1 unspecified atom stereocenters. The third kappa shape index (κ3) is 2.23. The van der Waals surface area contributed by atoms with Gasteiger partial charge in [0.05, 0.1) is 6.04 Å². The van der Waals surface area contributed by atoms with E-state index < -0.39 is 5.97 Å². The molecule has 1 aliphatic heterocycles. The Morgan fingerprint density at radius 1 is 1.40 bits per heavy atom. The lowest BCUT2D eigenvalue weighted by Gasteiger charge is -2.27. The molecule has 1 atom stereocenters. The first-order valence-electron chi connectivity index (χ1n) is 7.47. The van der Waals surface area contributed by atoms with Crippen LogP contribution in [0.1, 0.15) is 59.4 Å². The zero-order valence-corrected chi connectivity index (χ0v) is 11.6. The van der Waals surface area contributed by atoms with Crippen LogP contribution in [0.25, 0.3) is 0 Å². The summed E-state index contributed by atoms with van der Waals surface area (Å²) in [6, 6.07) is 0.328. The minimum Gasteiger partial charge on any atom is -0.476 e. The molecule has 0 bridgehead atoms. The van der Waals surface area contributed by atoms with E-state index in [-0.39, 0.29) is 11.6 Å². The summed E-state index contributed by atoms with van der Waals surface area (Å²) in [4.78, 5) is 11.5. The normalized spacial score (nSPS) is 23.6. The van der Waals surface area contributed by atoms with Crippen molar-refractivity contribution in [1.29, 1.82) is 0 Å². The first-order chi connectivity index (χ1) is 9.72. The molecule has 110 valence electrons. The maximum Gasteiger partial charge on any atom is 0.356 e. The van der Waals surface area contributed by atoms with Crippen LogP contribution in [0.3, 0.4) is 0 Å². The van der Waals surface area contributed by atoms with Crippen LogP contribution in [0.4, 0.5) is 0 Å². The Bertz CT molecular complexity index is 506. The number of carbonyl (C=O) groups is 1. The smallest absolute Gasteiger partial charge is 0.356 e. The summed E-state index contributed by atoms with van der Waals surface area (Å²) in [6.07, 6.45) is 5.00. The molecule has 1 aromatic heterocycles. The second-order valence-corrected chi connectivity index (χ2v) is 5.76. The van der Waals surface area contributed by atoms with Gasteiger partial charge in [0.15, 0.2) is 5.69 Å². The van der Waals surface area contributed by atoms with Crippen LogP contribution in [-0.2, 0) is 6.42 Å². The fourth-order valence-electron chi connectivity index (χ4n) is 3.57. The Morgan fingerprint density at radius 2 is 2.15 bits per heavy atom. The molecule has 20 heavy (non-hydrogen) atoms. The maximum atomic E-state index is 11.5. The number of nitrogens with zero attached hydrogens (tertiary/aromatic N) is 2. The van der Waals surface area contributed by atoms with Crippen LogP contribution in [0.2, 0.25) is 0 Å². The Kier molecular flexibility index (Phi) is 3.76. The largest absolute Gasteiger partial charge is 0.476 e. The third-order valence-electron chi connectivity index (χ3n) is 4.57. The summed E-state index contributed by atoms with van der Waals surface area (Å²) in [6.45, 7) is 2.45. The molecule has 1 fully saturated rings. The lowest BCUT2D eigenvalue weighted by molar-refractivity contribution is 0.0687. The fraction of sp³-hybridized carbons (Fsp3) is 0.714. The zero-order valence-electron chi connectivity index (χ0n) is 11.6. The van der Waals surface area contributed by atoms with Crippen molar-refractivity contribution in [3.05, 3.63) is 17.0 Å². The van der Waals surface area contributed by atoms with E-state index in [0.717, 1.165) is 56.5 Å². The summed E-state index contributed by atoms with van der Waals surface area (Å²) in [7, 11) is 0. The van der Waals surface area contributed by atoms with E-state index in [1.165, 1.54) is 0 Å². The van der Waals surface area contributed by atoms with Gasteiger partial charge in [0.25, 0.3) is 0 Å². The molecule has 0 spiro atoms. The van der Waals surface area contributed by atoms with Gasteiger partial charge in [-0.3, -0.25) is 4.68 Å². The summed E-state index contributed by atoms with van der Waals surface area (Å²) < 4.78 is 2.00. The molecule has 1 saturated heterocycles. The van der Waals surface area contributed by atoms with Crippen molar-refractivity contribution >= 4 is 5.97 Å². The van der Waals surface area contributed by atoms with Crippen molar-refractivity contribution < 1.29 is 9.90 Å². The van der Waals surface area contributed by atoms with E-state index in [9.17, 15) is 9.90 Å². The van der Waals surface area contributed by atoms with E-state index in [1.807, 2.05) is 4.68 Å². The van der Waals surface area contributed by atoms with Crippen LogP contribution >= 0.6 is 0 Å². The number of aromatic nitrogens is 2. The number of fused-ring (bicyclic) bond motifs is 1. The van der Waals surface area contributed by atoms with Crippen molar-refractivity contribution in [2.45, 2.75) is 44.1 Å². The topological polar surface area (TPSA) is 93.2 Å². The SMILES string of the molecule is NCC1CCCc2c1c(C(=O)O)nn2C1CCNCC1. The minimum atomic E-state index is -0.922. The van der Waals surface area contributed by atoms with Gasteiger partial charge in [-0.15, -0.1) is 0 Å². The highest BCUT2D eigenvalue weighted by atomic mass is 16.4. The van der Waals surface area contributed by atoms with Gasteiger partial charge in [-0.1, -0.05) is 0 Å². The number of nitrogens with two attached hydrogens (primary N) is 1. The second kappa shape index (κ2) is 5.54. The average molecular weight is 278 g/mol. The third-order valence-corrected chi connectivity index (χ3v) is 4.57. The summed E-state index contributed by atoms with van der Waals surface area (Å²) in [5.74, 6) is -0.769. The highest BCUT2D eigenvalue weighted by Gasteiger charge is 2.32. The van der Waals surface area contributed by atoms with Crippen molar-refractivity contribution in [1.82, 2.24) is 15.1 Å². The van der Waals surface area contributed by atoms with Gasteiger partial charge in [0.1, 0.15) is 0 Å². The number of hydrogen-bond donors (Lipinski definition) is 3. The molecule has 0 saturated carbocycles. The Morgan fingerprint density at radius 3 is 2.80 bits per heavy atom. The Balaban J connectivity index is 2.04. The number of aromatic carboxylic acids is 1. The molecular weight excluding hydrogens is 256 g/mol. The van der Waals surface area contributed by atoms with E-state index in [0.29, 0.717) is 12.6 Å². The van der Waals surface area contributed by atoms with Crippen LogP contribution in [-0.4, -0.2) is 40.5 Å². The van der Waals surface area contributed by atoms with Gasteiger partial charge in [0.2, 0.25) is 0 Å². The van der Waals surface area contributed by atoms with Gasteiger partial charge in [-0.05, 0) is 51.7 Å². The molecule has 1 aromatic rings. The van der Waals surface area contributed by atoms with Crippen molar-refractivity contribution in [2.75, 3.05) is 19.6 Å². The van der Waals surface area contributed by atoms with Gasteiger partial charge < -0.3 is 16.2 Å². The van der Waals surface area contributed by atoms with Crippen molar-refractivity contribution in [3.8, 4) is 0 Å². The van der Waals surface area contributed by atoms with Crippen molar-refractivity contribution in [2.24, 2.45) is 5.73 Å². The zero-order chi connectivity index (χ0) is 14.1. The summed E-state index contributed by atoms with van der Waals surface area (Å²) in [5.41, 5.74) is 8.09. The van der Waals surface area contributed by atoms with Crippen LogP contribution in [0.15, 0.2) is 0 Å². The number of piperidine rings is 1. The molecule has 0 amide bonds. The lowest BCUT2D eigenvalue weighted by atomic mass is 9.85. The quantitative estimate of drug-likeness (QED) is 0.763. The van der Waals surface area contributed by atoms with E-state index >= 15 is 0 Å². The second-order valence-electron chi connectivity index (χ2n) is 5.76. The fourth-order valence-corrected chi connectivity index (χ4v) is 3.57. The number of hydrogen-bond acceptors (Lipinski definition) is 4. The first-order valence-corrected chi connectivity index (χ1v) is 7.47. The molecule has 2 aliphatic rings. The summed E-state index contributed by atoms with van der Waals surface area (Å²) >= 11 is 0. The lowest BCUT2D eigenvalue weighted by Crippen LogP contribution is -2.31. The molecule has 0 aromatic carbocycles. The molecule has 6 heteroatoms. The van der Waals surface area contributed by atoms with Crippen molar-refractivity contribution in [3.63, 3.8) is 0 Å². The van der Waals surface area contributed by atoms with Gasteiger partial charge in [-0.2, -0.15) is 5.10 Å². The van der Waals surface area contributed by atoms with Gasteiger partial charge in [0, 0.05) is 17.2 Å². The highest BCUT2D eigenvalue weighted by molar-refractivity contribution is 5.87. The molecule has 1 aliphatic carbocycles. The predicted octanol–water partition coefficient (Wildman–Crippen LogP) is 0.884. The van der Waals surface area contributed by atoms with E-state index in [1.54, 1.807) is 0 Å². The molecule has 2 heterocycles. The van der Waals surface area contributed by atoms with Crippen LogP contribution in [0.5, 0.6) is 0 Å². The van der Waals surface area contributed by atoms with Gasteiger partial charge in [-0.25, -0.2) is 4.79 Å². The predicted molar refractivity (Wildman–Crippen MR) is 75.1 cm³/mol. The molecule has 0 radical (unpaired) electrons. The monoisotopic (exact) mass is 278 g/mol. The maximum absolute atomic E-state index is 11.5. The number of carboxylic acids is 1. The Labute approximate surface area is 118 Å². The molecular formula is C14H22N4O2. The highest BCUT2D eigenvalue weighted by Crippen LogP contribution is 2.36. The van der Waals surface area contributed by atoms with E-state index in [4.69, 9.17) is 5.73 Å². The minimum absolute atomic E-state index is 0.153. The number of rotatable bonds is 3. The van der Waals surface area contributed by atoms with Crippen LogP contribution in [0, 0.1) is 0 Å². The summed E-state index contributed by atoms with van der Waals surface area (Å²) in [5, 5.41) is 17.2. The number of nitrogens with one attached hydrogen (secondary N) is 1. The standard InChI is InChI=1S/C14H22N4O2/c15-8-9-2-1-3-11-12(9)13(14(19)20)17-18(11)10-4-6-16-7-5-10/h9-10,16H,1-8,15H2,(H,19,20). The first kappa shape index (κ1) is 13.6. The molecule has 3 rings (SSSR count). The molecule has 6 nitrogen and oxygen atoms in total.